The van der Waals surface area contributed by atoms with Crippen LogP contribution in [0.2, 0.25) is 10.2 Å². The first-order chi connectivity index (χ1) is 8.58. The van der Waals surface area contributed by atoms with Gasteiger partial charge in [0.2, 0.25) is 5.95 Å². The predicted octanol–water partition coefficient (Wildman–Crippen LogP) is 3.12. The Balaban J connectivity index is 2.35. The second-order valence-electron chi connectivity index (χ2n) is 3.40. The van der Waals surface area contributed by atoms with Crippen LogP contribution < -0.4 is 15.8 Å². The molecule has 1 aromatic carbocycles. The van der Waals surface area contributed by atoms with Gasteiger partial charge >= 0.3 is 0 Å². The van der Waals surface area contributed by atoms with E-state index in [4.69, 9.17) is 33.7 Å². The summed E-state index contributed by atoms with van der Waals surface area (Å²) >= 11 is 11.7. The van der Waals surface area contributed by atoms with E-state index in [1.165, 1.54) is 0 Å². The maximum atomic E-state index is 5.92. The van der Waals surface area contributed by atoms with Gasteiger partial charge in [-0.2, -0.15) is 4.98 Å². The lowest BCUT2D eigenvalue weighted by molar-refractivity contribution is 0.417. The van der Waals surface area contributed by atoms with Crippen LogP contribution in [0.5, 0.6) is 5.75 Å². The highest BCUT2D eigenvalue weighted by Gasteiger charge is 2.06. The van der Waals surface area contributed by atoms with Crippen LogP contribution in [0.15, 0.2) is 24.3 Å². The molecule has 0 bridgehead atoms. The van der Waals surface area contributed by atoms with Gasteiger partial charge in [-0.05, 0) is 18.2 Å². The van der Waals surface area contributed by atoms with Gasteiger partial charge in [-0.15, -0.1) is 0 Å². The minimum absolute atomic E-state index is 0.0889. The van der Waals surface area contributed by atoms with Crippen LogP contribution in [-0.4, -0.2) is 17.1 Å². The zero-order valence-corrected chi connectivity index (χ0v) is 11.0. The van der Waals surface area contributed by atoms with Gasteiger partial charge in [-0.25, -0.2) is 4.98 Å². The summed E-state index contributed by atoms with van der Waals surface area (Å²) in [6, 6.07) is 6.74. The quantitative estimate of drug-likeness (QED) is 0.848. The van der Waals surface area contributed by atoms with Crippen molar-refractivity contribution in [1.29, 1.82) is 0 Å². The molecule has 0 atom stereocenters. The number of methoxy groups -OCH3 is 1. The standard InChI is InChI=1S/C11H10Cl2N4O/c1-18-8-3-2-6(12)4-7(8)15-10-5-9(13)16-11(14)17-10/h2-5H,1H3,(H3,14,15,16,17). The summed E-state index contributed by atoms with van der Waals surface area (Å²) in [6.45, 7) is 0. The molecule has 2 aromatic rings. The molecule has 3 N–H and O–H groups in total. The molecule has 1 heterocycles. The van der Waals surface area contributed by atoms with Crippen molar-refractivity contribution >= 4 is 40.7 Å². The predicted molar refractivity (Wildman–Crippen MR) is 72.7 cm³/mol. The Morgan fingerprint density at radius 2 is 2.00 bits per heavy atom. The highest BCUT2D eigenvalue weighted by molar-refractivity contribution is 6.31. The Kier molecular flexibility index (Phi) is 3.74. The molecule has 7 heteroatoms. The molecule has 0 radical (unpaired) electrons. The van der Waals surface area contributed by atoms with Crippen molar-refractivity contribution in [2.24, 2.45) is 0 Å². The fourth-order valence-electron chi connectivity index (χ4n) is 1.42. The second kappa shape index (κ2) is 5.29. The SMILES string of the molecule is COc1ccc(Cl)cc1Nc1cc(Cl)nc(N)n1. The molecule has 0 aliphatic heterocycles. The summed E-state index contributed by atoms with van der Waals surface area (Å²) in [6.07, 6.45) is 0. The maximum Gasteiger partial charge on any atom is 0.223 e. The first-order valence-electron chi connectivity index (χ1n) is 4.99. The Labute approximate surface area is 114 Å². The molecule has 0 aliphatic carbocycles. The Morgan fingerprint density at radius 3 is 2.67 bits per heavy atom. The lowest BCUT2D eigenvalue weighted by atomic mass is 10.3. The monoisotopic (exact) mass is 284 g/mol. The number of benzene rings is 1. The zero-order valence-electron chi connectivity index (χ0n) is 9.45. The topological polar surface area (TPSA) is 73.1 Å². The molecule has 0 amide bonds. The molecular formula is C11H10Cl2N4O. The number of nitrogens with one attached hydrogen (secondary N) is 1. The smallest absolute Gasteiger partial charge is 0.223 e. The molecule has 0 fully saturated rings. The van der Waals surface area contributed by atoms with Gasteiger partial charge in [0.05, 0.1) is 12.8 Å². The van der Waals surface area contributed by atoms with Crippen molar-refractivity contribution in [3.05, 3.63) is 34.4 Å². The first kappa shape index (κ1) is 12.7. The lowest BCUT2D eigenvalue weighted by Crippen LogP contribution is -2.01. The fourth-order valence-corrected chi connectivity index (χ4v) is 1.78. The number of anilines is 3. The molecule has 18 heavy (non-hydrogen) atoms. The van der Waals surface area contributed by atoms with E-state index < -0.39 is 0 Å². The van der Waals surface area contributed by atoms with Gasteiger partial charge in [0.15, 0.2) is 0 Å². The van der Waals surface area contributed by atoms with Crippen molar-refractivity contribution in [3.63, 3.8) is 0 Å². The molecule has 1 aromatic heterocycles. The number of hydrogen-bond acceptors (Lipinski definition) is 5. The highest BCUT2D eigenvalue weighted by atomic mass is 35.5. The number of ether oxygens (including phenoxy) is 1. The van der Waals surface area contributed by atoms with Crippen LogP contribution >= 0.6 is 23.2 Å². The van der Waals surface area contributed by atoms with Gasteiger partial charge in [0.25, 0.3) is 0 Å². The highest BCUT2D eigenvalue weighted by Crippen LogP contribution is 2.30. The summed E-state index contributed by atoms with van der Waals surface area (Å²) in [5.74, 6) is 1.19. The number of nitrogens with zero attached hydrogens (tertiary/aromatic N) is 2. The molecular weight excluding hydrogens is 275 g/mol. The largest absolute Gasteiger partial charge is 0.495 e. The minimum Gasteiger partial charge on any atom is -0.495 e. The van der Waals surface area contributed by atoms with Crippen LogP contribution in [-0.2, 0) is 0 Å². The van der Waals surface area contributed by atoms with E-state index in [9.17, 15) is 0 Å². The van der Waals surface area contributed by atoms with Crippen LogP contribution in [0.4, 0.5) is 17.5 Å². The van der Waals surface area contributed by atoms with Gasteiger partial charge < -0.3 is 15.8 Å². The van der Waals surface area contributed by atoms with E-state index >= 15 is 0 Å². The molecule has 0 spiro atoms. The molecule has 0 saturated carbocycles. The number of rotatable bonds is 3. The van der Waals surface area contributed by atoms with E-state index in [0.29, 0.717) is 22.3 Å². The minimum atomic E-state index is 0.0889. The summed E-state index contributed by atoms with van der Waals surface area (Å²) in [4.78, 5) is 7.78. The van der Waals surface area contributed by atoms with E-state index in [1.54, 1.807) is 31.4 Å². The Hall–Kier alpha value is -1.72. The number of nitrogen functional groups attached to an aromatic ring is 1. The Morgan fingerprint density at radius 1 is 1.22 bits per heavy atom. The summed E-state index contributed by atoms with van der Waals surface area (Å²) < 4.78 is 5.20. The second-order valence-corrected chi connectivity index (χ2v) is 4.23. The molecule has 94 valence electrons. The van der Waals surface area contributed by atoms with Gasteiger partial charge in [0, 0.05) is 11.1 Å². The normalized spacial score (nSPS) is 10.2. The molecule has 5 nitrogen and oxygen atoms in total. The molecule has 0 unspecified atom stereocenters. The molecule has 2 rings (SSSR count). The number of hydrogen-bond donors (Lipinski definition) is 2. The average Bonchev–Trinajstić information content (AvgIpc) is 2.27. The van der Waals surface area contributed by atoms with E-state index in [-0.39, 0.29) is 11.1 Å². The Bertz CT molecular complexity index is 557. The van der Waals surface area contributed by atoms with Gasteiger partial charge in [-0.3, -0.25) is 0 Å². The lowest BCUT2D eigenvalue weighted by Gasteiger charge is -2.11. The van der Waals surface area contributed by atoms with Gasteiger partial charge in [0.1, 0.15) is 16.7 Å². The average molecular weight is 285 g/mol. The third kappa shape index (κ3) is 2.94. The van der Waals surface area contributed by atoms with Crippen LogP contribution in [0, 0.1) is 0 Å². The molecule has 0 saturated heterocycles. The van der Waals surface area contributed by atoms with Crippen LogP contribution in [0.3, 0.4) is 0 Å². The van der Waals surface area contributed by atoms with Crippen molar-refractivity contribution in [3.8, 4) is 5.75 Å². The third-order valence-electron chi connectivity index (χ3n) is 2.14. The van der Waals surface area contributed by atoms with E-state index in [0.717, 1.165) is 0 Å². The summed E-state index contributed by atoms with van der Waals surface area (Å²) in [5, 5.41) is 3.85. The zero-order chi connectivity index (χ0) is 13.1. The number of halogens is 2. The molecule has 0 aliphatic rings. The third-order valence-corrected chi connectivity index (χ3v) is 2.57. The van der Waals surface area contributed by atoms with E-state index in [1.807, 2.05) is 0 Å². The number of nitrogens with two attached hydrogens (primary N) is 1. The maximum absolute atomic E-state index is 5.92. The van der Waals surface area contributed by atoms with E-state index in [2.05, 4.69) is 15.3 Å². The fraction of sp³-hybridized carbons (Fsp3) is 0.0909. The van der Waals surface area contributed by atoms with Gasteiger partial charge in [-0.1, -0.05) is 23.2 Å². The van der Waals surface area contributed by atoms with Crippen molar-refractivity contribution in [2.45, 2.75) is 0 Å². The first-order valence-corrected chi connectivity index (χ1v) is 5.74. The van der Waals surface area contributed by atoms with Crippen molar-refractivity contribution in [1.82, 2.24) is 9.97 Å². The van der Waals surface area contributed by atoms with Crippen LogP contribution in [0.1, 0.15) is 0 Å². The summed E-state index contributed by atoms with van der Waals surface area (Å²) in [7, 11) is 1.57. The number of aromatic nitrogens is 2. The van der Waals surface area contributed by atoms with Crippen molar-refractivity contribution in [2.75, 3.05) is 18.2 Å². The summed E-state index contributed by atoms with van der Waals surface area (Å²) in [5.41, 5.74) is 6.18. The van der Waals surface area contributed by atoms with Crippen molar-refractivity contribution < 1.29 is 4.74 Å². The van der Waals surface area contributed by atoms with Crippen LogP contribution in [0.25, 0.3) is 0 Å².